The summed E-state index contributed by atoms with van der Waals surface area (Å²) in [6.07, 6.45) is 1.77. The average Bonchev–Trinajstić information content (AvgIpc) is 1.90. The van der Waals surface area contributed by atoms with Crippen LogP contribution < -0.4 is 3.82 Å². The van der Waals surface area contributed by atoms with Gasteiger partial charge in [-0.15, -0.1) is 0 Å². The summed E-state index contributed by atoms with van der Waals surface area (Å²) in [6, 6.07) is 5.81. The largest absolute Gasteiger partial charge is 0.564 e. The lowest BCUT2D eigenvalue weighted by atomic mass is 10.5. The molecule has 0 aliphatic carbocycles. The summed E-state index contributed by atoms with van der Waals surface area (Å²) in [5.74, 6) is 0. The zero-order chi connectivity index (χ0) is 5.82. The van der Waals surface area contributed by atoms with Crippen LogP contribution in [0.5, 0.6) is 0 Å². The summed E-state index contributed by atoms with van der Waals surface area (Å²) in [7, 11) is 5.60. The molecule has 0 atom stereocenters. The molecule has 0 bridgehead atoms. The maximum absolute atomic E-state index is 5.60. The van der Waals surface area contributed by atoms with Crippen molar-refractivity contribution in [3.8, 4) is 0 Å². The van der Waals surface area contributed by atoms with Gasteiger partial charge in [-0.3, -0.25) is 4.98 Å². The Labute approximate surface area is 61.6 Å². The van der Waals surface area contributed by atoms with Crippen LogP contribution >= 0.6 is 9.07 Å². The van der Waals surface area contributed by atoms with Gasteiger partial charge in [-0.05, 0) is 6.07 Å². The second-order valence-electron chi connectivity index (χ2n) is 1.45. The van der Waals surface area contributed by atoms with E-state index in [0.717, 1.165) is 3.82 Å². The van der Waals surface area contributed by atoms with Crippen molar-refractivity contribution in [3.63, 3.8) is 0 Å². The predicted molar refractivity (Wildman–Crippen MR) is 35.5 cm³/mol. The van der Waals surface area contributed by atoms with Crippen molar-refractivity contribution in [2.75, 3.05) is 0 Å². The second-order valence-corrected chi connectivity index (χ2v) is 3.25. The summed E-state index contributed by atoms with van der Waals surface area (Å²) in [4.78, 5) is 4.03. The predicted octanol–water partition coefficient (Wildman–Crippen LogP) is 0.565. The lowest BCUT2D eigenvalue weighted by Gasteiger charge is -1.86. The zero-order valence-corrected chi connectivity index (χ0v) is 6.51. The molecule has 1 aromatic heterocycles. The van der Waals surface area contributed by atoms with Crippen LogP contribution in [0.4, 0.5) is 0 Å². The molecule has 0 unspecified atom stereocenters. The molecule has 1 nitrogen and oxygen atoms in total. The van der Waals surface area contributed by atoms with Gasteiger partial charge in [-0.25, -0.2) is 0 Å². The van der Waals surface area contributed by atoms with Gasteiger partial charge in [-0.1, -0.05) is 16.0 Å². The Balaban J connectivity index is 2.83. The van der Waals surface area contributed by atoms with Gasteiger partial charge in [0.15, 0.2) is 0 Å². The molecule has 0 radical (unpaired) electrons. The van der Waals surface area contributed by atoms with Gasteiger partial charge in [-0.2, -0.15) is 0 Å². The summed E-state index contributed by atoms with van der Waals surface area (Å²) >= 11 is -0.548. The molecule has 1 aromatic rings. The number of hydrogen-bond acceptors (Lipinski definition) is 1. The molecule has 0 fully saturated rings. The van der Waals surface area contributed by atoms with E-state index in [9.17, 15) is 0 Å². The lowest BCUT2D eigenvalue weighted by Crippen LogP contribution is -2.11. The Kier molecular flexibility index (Phi) is 2.59. The molecule has 0 amide bonds. The fourth-order valence-corrected chi connectivity index (χ4v) is 1.35. The summed E-state index contributed by atoms with van der Waals surface area (Å²) in [5, 5.41) is 0. The highest BCUT2D eigenvalue weighted by molar-refractivity contribution is 7.00. The van der Waals surface area contributed by atoms with Gasteiger partial charge in [0, 0.05) is 6.20 Å². The first-order chi connectivity index (χ1) is 3.93. The molecule has 8 heavy (non-hydrogen) atoms. The number of hydrogen-bond donors (Lipinski definition) is 0. The fraction of sp³-hybridized carbons (Fsp3) is 0. The van der Waals surface area contributed by atoms with Crippen molar-refractivity contribution in [1.29, 1.82) is 0 Å². The molecule has 0 spiro atoms. The summed E-state index contributed by atoms with van der Waals surface area (Å²) < 4.78 is 1.06. The number of nitrogens with zero attached hydrogens (tertiary/aromatic N) is 1. The molecule has 1 heterocycles. The van der Waals surface area contributed by atoms with E-state index in [1.807, 2.05) is 18.2 Å². The molecule has 0 aromatic carbocycles. The molecule has 0 aliphatic rings. The topological polar surface area (TPSA) is 12.9 Å². The van der Waals surface area contributed by atoms with Gasteiger partial charge >= 0.3 is 19.3 Å². The van der Waals surface area contributed by atoms with Crippen molar-refractivity contribution in [2.24, 2.45) is 0 Å². The van der Waals surface area contributed by atoms with E-state index >= 15 is 0 Å². The Morgan fingerprint density at radius 3 is 2.75 bits per heavy atom. The molecule has 38 valence electrons. The van der Waals surface area contributed by atoms with E-state index in [0.29, 0.717) is 0 Å². The molecule has 0 aliphatic heterocycles. The zero-order valence-electron chi connectivity index (χ0n) is 4.34. The number of rotatable bonds is 1. The standard InChI is InChI=1S/C5H4N.ClH.Mg/c1-2-4-6-5-3-1;;/h1-4H;1H;/q;;+1/p-1. The van der Waals surface area contributed by atoms with E-state index in [1.54, 1.807) is 6.20 Å². The number of halogens is 1. The third-order valence-corrected chi connectivity index (χ3v) is 2.38. The highest BCUT2D eigenvalue weighted by atomic mass is 35.5. The third kappa shape index (κ3) is 1.61. The average molecular weight is 138 g/mol. The fourth-order valence-electron chi connectivity index (χ4n) is 0.477. The van der Waals surface area contributed by atoms with Crippen LogP contribution in [0.2, 0.25) is 0 Å². The van der Waals surface area contributed by atoms with E-state index in [4.69, 9.17) is 9.07 Å². The van der Waals surface area contributed by atoms with E-state index in [2.05, 4.69) is 4.98 Å². The molecule has 0 N–H and O–H groups in total. The van der Waals surface area contributed by atoms with Crippen LogP contribution in [-0.2, 0) is 0 Å². The lowest BCUT2D eigenvalue weighted by molar-refractivity contribution is 1.39. The van der Waals surface area contributed by atoms with Gasteiger partial charge in [0.05, 0.1) is 0 Å². The monoisotopic (exact) mass is 137 g/mol. The first-order valence-corrected chi connectivity index (χ1v) is 5.24. The number of aromatic nitrogens is 1. The second kappa shape index (κ2) is 3.27. The molecular weight excluding hydrogens is 134 g/mol. The third-order valence-electron chi connectivity index (χ3n) is 0.863. The summed E-state index contributed by atoms with van der Waals surface area (Å²) in [6.45, 7) is 0. The smallest absolute Gasteiger partial charge is 0.333 e. The van der Waals surface area contributed by atoms with E-state index in [-0.39, 0.29) is 0 Å². The Morgan fingerprint density at radius 2 is 2.38 bits per heavy atom. The minimum Gasteiger partial charge on any atom is -0.333 e. The van der Waals surface area contributed by atoms with Crippen LogP contribution in [0.1, 0.15) is 0 Å². The van der Waals surface area contributed by atoms with Crippen LogP contribution in [0.25, 0.3) is 0 Å². The minimum absolute atomic E-state index is 0.548. The molecule has 3 heteroatoms. The van der Waals surface area contributed by atoms with Crippen LogP contribution in [0, 0.1) is 0 Å². The maximum Gasteiger partial charge on any atom is 0.564 e. The first-order valence-electron chi connectivity index (χ1n) is 2.39. The molecule has 0 saturated heterocycles. The van der Waals surface area contributed by atoms with Crippen molar-refractivity contribution in [1.82, 2.24) is 4.98 Å². The van der Waals surface area contributed by atoms with Crippen LogP contribution in [-0.4, -0.2) is 24.2 Å². The van der Waals surface area contributed by atoms with Gasteiger partial charge in [0.25, 0.3) is 0 Å². The number of pyridine rings is 1. The van der Waals surface area contributed by atoms with E-state index < -0.39 is 19.3 Å². The van der Waals surface area contributed by atoms with Crippen molar-refractivity contribution in [2.45, 2.75) is 0 Å². The Morgan fingerprint density at radius 1 is 1.50 bits per heavy atom. The SMILES string of the molecule is [Cl][Mg][c]1ccccn1. The molecular formula is C5H4ClMgN. The molecule has 1 rings (SSSR count). The highest BCUT2D eigenvalue weighted by Gasteiger charge is 1.91. The minimum atomic E-state index is -0.548. The molecule has 0 saturated carbocycles. The summed E-state index contributed by atoms with van der Waals surface area (Å²) in [5.41, 5.74) is 0. The highest BCUT2D eigenvalue weighted by Crippen LogP contribution is 1.76. The Hall–Kier alpha value is 0.206. The van der Waals surface area contributed by atoms with Gasteiger partial charge < -0.3 is 9.07 Å². The van der Waals surface area contributed by atoms with Crippen molar-refractivity contribution in [3.05, 3.63) is 24.4 Å². The van der Waals surface area contributed by atoms with Crippen LogP contribution in [0.15, 0.2) is 24.4 Å². The van der Waals surface area contributed by atoms with Crippen LogP contribution in [0.3, 0.4) is 0 Å². The van der Waals surface area contributed by atoms with Gasteiger partial charge in [0.2, 0.25) is 0 Å². The van der Waals surface area contributed by atoms with E-state index in [1.165, 1.54) is 0 Å². The van der Waals surface area contributed by atoms with Crippen molar-refractivity contribution < 1.29 is 0 Å². The quantitative estimate of drug-likeness (QED) is 0.516. The Bertz CT molecular complexity index is 154. The van der Waals surface area contributed by atoms with Gasteiger partial charge in [0.1, 0.15) is 0 Å². The maximum atomic E-state index is 5.60. The van der Waals surface area contributed by atoms with Crippen molar-refractivity contribution >= 4 is 32.2 Å². The normalized spacial score (nSPS) is 8.12. The first kappa shape index (κ1) is 6.33.